The van der Waals surface area contributed by atoms with Crippen molar-refractivity contribution in [2.24, 2.45) is 0 Å². The van der Waals surface area contributed by atoms with Gasteiger partial charge in [0.15, 0.2) is 0 Å². The van der Waals surface area contributed by atoms with Gasteiger partial charge in [0.1, 0.15) is 6.10 Å². The van der Waals surface area contributed by atoms with E-state index in [1.165, 1.54) is 0 Å². The van der Waals surface area contributed by atoms with E-state index < -0.39 is 0 Å². The van der Waals surface area contributed by atoms with Crippen LogP contribution in [0.5, 0.6) is 0 Å². The molecule has 0 aromatic heterocycles. The van der Waals surface area contributed by atoms with Crippen molar-refractivity contribution in [2.45, 2.75) is 44.2 Å². The van der Waals surface area contributed by atoms with Gasteiger partial charge in [-0.1, -0.05) is 0 Å². The second-order valence-corrected chi connectivity index (χ2v) is 4.74. The topological polar surface area (TPSA) is 41.6 Å². The first-order valence-electron chi connectivity index (χ1n) is 6.39. The zero-order valence-electron chi connectivity index (χ0n) is 10.1. The predicted molar refractivity (Wildman–Crippen MR) is 62.3 cm³/mol. The van der Waals surface area contributed by atoms with Gasteiger partial charge in [-0.25, -0.2) is 0 Å². The zero-order chi connectivity index (χ0) is 11.4. The van der Waals surface area contributed by atoms with Crippen molar-refractivity contribution in [1.82, 2.24) is 10.2 Å². The third-order valence-electron chi connectivity index (χ3n) is 3.56. The fourth-order valence-electron chi connectivity index (χ4n) is 2.69. The number of hydrogen-bond donors (Lipinski definition) is 1. The molecule has 4 nitrogen and oxygen atoms in total. The van der Waals surface area contributed by atoms with Gasteiger partial charge in [0.25, 0.3) is 5.91 Å². The summed E-state index contributed by atoms with van der Waals surface area (Å²) in [6.07, 6.45) is 5.22. The fraction of sp³-hybridized carbons (Fsp3) is 0.917. The molecule has 4 heteroatoms. The van der Waals surface area contributed by atoms with E-state index in [0.29, 0.717) is 6.04 Å². The number of ether oxygens (including phenoxy) is 1. The number of carbonyl (C=O) groups excluding carboxylic acids is 1. The Morgan fingerprint density at radius 2 is 2.25 bits per heavy atom. The highest BCUT2D eigenvalue weighted by molar-refractivity contribution is 5.81. The Bertz CT molecular complexity index is 239. The van der Waals surface area contributed by atoms with Gasteiger partial charge in [-0.2, -0.15) is 0 Å². The molecule has 0 aromatic rings. The minimum atomic E-state index is -0.161. The van der Waals surface area contributed by atoms with Crippen molar-refractivity contribution >= 4 is 5.91 Å². The number of carbonyl (C=O) groups is 1. The SMILES string of the molecule is CNCC1CCCN1C(=O)C1CCCCO1. The molecule has 0 aromatic carbocycles. The first-order chi connectivity index (χ1) is 7.83. The highest BCUT2D eigenvalue weighted by Gasteiger charge is 2.33. The molecule has 0 bridgehead atoms. The molecule has 1 N–H and O–H groups in total. The van der Waals surface area contributed by atoms with Crippen LogP contribution in [0.2, 0.25) is 0 Å². The summed E-state index contributed by atoms with van der Waals surface area (Å²) in [7, 11) is 1.94. The Balaban J connectivity index is 1.91. The Kier molecular flexibility index (Phi) is 4.18. The number of hydrogen-bond acceptors (Lipinski definition) is 3. The molecule has 2 rings (SSSR count). The lowest BCUT2D eigenvalue weighted by atomic mass is 10.1. The van der Waals surface area contributed by atoms with Crippen LogP contribution in [0.4, 0.5) is 0 Å². The molecule has 2 atom stereocenters. The number of amides is 1. The average Bonchev–Trinajstić information content (AvgIpc) is 2.78. The Morgan fingerprint density at radius 1 is 1.38 bits per heavy atom. The van der Waals surface area contributed by atoms with E-state index in [9.17, 15) is 4.79 Å². The van der Waals surface area contributed by atoms with Crippen molar-refractivity contribution in [3.05, 3.63) is 0 Å². The Morgan fingerprint density at radius 3 is 2.94 bits per heavy atom. The average molecular weight is 226 g/mol. The van der Waals surface area contributed by atoms with Crippen LogP contribution in [0.3, 0.4) is 0 Å². The molecule has 92 valence electrons. The maximum Gasteiger partial charge on any atom is 0.251 e. The van der Waals surface area contributed by atoms with Crippen molar-refractivity contribution in [1.29, 1.82) is 0 Å². The van der Waals surface area contributed by atoms with Crippen molar-refractivity contribution in [3.8, 4) is 0 Å². The van der Waals surface area contributed by atoms with E-state index in [-0.39, 0.29) is 12.0 Å². The first kappa shape index (κ1) is 11.9. The minimum Gasteiger partial charge on any atom is -0.368 e. The molecule has 2 unspecified atom stereocenters. The molecule has 0 saturated carbocycles. The number of nitrogens with one attached hydrogen (secondary N) is 1. The zero-order valence-corrected chi connectivity index (χ0v) is 10.1. The van der Waals surface area contributed by atoms with Crippen LogP contribution in [0.15, 0.2) is 0 Å². The number of nitrogens with zero attached hydrogens (tertiary/aromatic N) is 1. The number of likely N-dealkylation sites (tertiary alicyclic amines) is 1. The molecule has 2 heterocycles. The third kappa shape index (κ3) is 2.55. The monoisotopic (exact) mass is 226 g/mol. The van der Waals surface area contributed by atoms with Crippen molar-refractivity contribution in [2.75, 3.05) is 26.7 Å². The molecule has 0 radical (unpaired) electrons. The standard InChI is InChI=1S/C12H22N2O2/c1-13-9-10-5-4-7-14(10)12(15)11-6-2-3-8-16-11/h10-11,13H,2-9H2,1H3. The fourth-order valence-corrected chi connectivity index (χ4v) is 2.69. The van der Waals surface area contributed by atoms with Gasteiger partial charge in [0, 0.05) is 25.7 Å². The predicted octanol–water partition coefficient (Wildman–Crippen LogP) is 0.766. The van der Waals surface area contributed by atoms with Crippen LogP contribution in [-0.4, -0.2) is 49.7 Å². The molecular weight excluding hydrogens is 204 g/mol. The van der Waals surface area contributed by atoms with Crippen LogP contribution in [-0.2, 0) is 9.53 Å². The molecule has 2 fully saturated rings. The van der Waals surface area contributed by atoms with Gasteiger partial charge in [0.2, 0.25) is 0 Å². The van der Waals surface area contributed by atoms with E-state index in [0.717, 1.165) is 51.8 Å². The summed E-state index contributed by atoms with van der Waals surface area (Å²) < 4.78 is 5.57. The molecule has 16 heavy (non-hydrogen) atoms. The van der Waals surface area contributed by atoms with Gasteiger partial charge < -0.3 is 15.0 Å². The summed E-state index contributed by atoms with van der Waals surface area (Å²) in [5.74, 6) is 0.220. The van der Waals surface area contributed by atoms with E-state index in [2.05, 4.69) is 5.32 Å². The van der Waals surface area contributed by atoms with E-state index in [1.54, 1.807) is 0 Å². The van der Waals surface area contributed by atoms with Crippen molar-refractivity contribution < 1.29 is 9.53 Å². The largest absolute Gasteiger partial charge is 0.368 e. The van der Waals surface area contributed by atoms with E-state index in [4.69, 9.17) is 4.74 Å². The third-order valence-corrected chi connectivity index (χ3v) is 3.56. The van der Waals surface area contributed by atoms with Gasteiger partial charge in [-0.05, 0) is 39.2 Å². The molecule has 1 amide bonds. The molecule has 2 saturated heterocycles. The summed E-state index contributed by atoms with van der Waals surface area (Å²) in [6, 6.07) is 0.378. The van der Waals surface area contributed by atoms with Gasteiger partial charge >= 0.3 is 0 Å². The maximum atomic E-state index is 12.3. The molecular formula is C12H22N2O2. The van der Waals surface area contributed by atoms with Crippen LogP contribution in [0, 0.1) is 0 Å². The summed E-state index contributed by atoms with van der Waals surface area (Å²) in [6.45, 7) is 2.56. The lowest BCUT2D eigenvalue weighted by molar-refractivity contribution is -0.147. The van der Waals surface area contributed by atoms with Crippen LogP contribution >= 0.6 is 0 Å². The highest BCUT2D eigenvalue weighted by Crippen LogP contribution is 2.22. The molecule has 0 spiro atoms. The van der Waals surface area contributed by atoms with E-state index >= 15 is 0 Å². The second kappa shape index (κ2) is 5.64. The van der Waals surface area contributed by atoms with E-state index in [1.807, 2.05) is 11.9 Å². The second-order valence-electron chi connectivity index (χ2n) is 4.74. The maximum absolute atomic E-state index is 12.3. The Labute approximate surface area is 97.3 Å². The summed E-state index contributed by atoms with van der Waals surface area (Å²) in [5.41, 5.74) is 0. The van der Waals surface area contributed by atoms with Gasteiger partial charge in [-0.15, -0.1) is 0 Å². The summed E-state index contributed by atoms with van der Waals surface area (Å²) >= 11 is 0. The smallest absolute Gasteiger partial charge is 0.251 e. The summed E-state index contributed by atoms with van der Waals surface area (Å²) in [4.78, 5) is 14.3. The quantitative estimate of drug-likeness (QED) is 0.772. The van der Waals surface area contributed by atoms with Crippen LogP contribution < -0.4 is 5.32 Å². The van der Waals surface area contributed by atoms with Gasteiger partial charge in [0.05, 0.1) is 0 Å². The van der Waals surface area contributed by atoms with Crippen molar-refractivity contribution in [3.63, 3.8) is 0 Å². The Hall–Kier alpha value is -0.610. The highest BCUT2D eigenvalue weighted by atomic mass is 16.5. The lowest BCUT2D eigenvalue weighted by Crippen LogP contribution is -2.47. The lowest BCUT2D eigenvalue weighted by Gasteiger charge is -2.30. The minimum absolute atomic E-state index is 0.161. The number of rotatable bonds is 3. The van der Waals surface area contributed by atoms with Crippen LogP contribution in [0.1, 0.15) is 32.1 Å². The summed E-state index contributed by atoms with van der Waals surface area (Å²) in [5, 5.41) is 3.16. The first-order valence-corrected chi connectivity index (χ1v) is 6.39. The normalized spacial score (nSPS) is 30.7. The molecule has 2 aliphatic heterocycles. The molecule has 2 aliphatic rings. The van der Waals surface area contributed by atoms with Crippen LogP contribution in [0.25, 0.3) is 0 Å². The number of likely N-dealkylation sites (N-methyl/N-ethyl adjacent to an activating group) is 1. The molecule has 0 aliphatic carbocycles. The van der Waals surface area contributed by atoms with Gasteiger partial charge in [-0.3, -0.25) is 4.79 Å².